The van der Waals surface area contributed by atoms with E-state index in [1.54, 1.807) is 6.92 Å². The van der Waals surface area contributed by atoms with Gasteiger partial charge in [0.15, 0.2) is 0 Å². The van der Waals surface area contributed by atoms with Crippen LogP contribution < -0.4 is 5.32 Å². The molecule has 24 heavy (non-hydrogen) atoms. The first kappa shape index (κ1) is 16.3. The van der Waals surface area contributed by atoms with Crippen LogP contribution in [0.4, 0.5) is 0 Å². The van der Waals surface area contributed by atoms with E-state index in [-0.39, 0.29) is 11.8 Å². The van der Waals surface area contributed by atoms with Crippen LogP contribution in [-0.2, 0) is 0 Å². The van der Waals surface area contributed by atoms with Crippen molar-refractivity contribution >= 4 is 16.8 Å². The van der Waals surface area contributed by atoms with Crippen molar-refractivity contribution in [3.8, 4) is 0 Å². The van der Waals surface area contributed by atoms with Gasteiger partial charge in [-0.3, -0.25) is 4.79 Å². The molecule has 4 nitrogen and oxygen atoms in total. The normalized spacial score (nSPS) is 13.6. The first-order valence-electron chi connectivity index (χ1n) is 8.22. The van der Waals surface area contributed by atoms with Gasteiger partial charge < -0.3 is 15.4 Å². The minimum atomic E-state index is -0.416. The van der Waals surface area contributed by atoms with E-state index in [1.807, 2.05) is 60.8 Å². The zero-order chi connectivity index (χ0) is 16.9. The number of nitrogens with one attached hydrogen (secondary N) is 2. The maximum atomic E-state index is 12.6. The number of rotatable bonds is 6. The van der Waals surface area contributed by atoms with Crippen molar-refractivity contribution in [1.29, 1.82) is 0 Å². The topological polar surface area (TPSA) is 65.1 Å². The predicted octanol–water partition coefficient (Wildman–Crippen LogP) is 3.45. The molecule has 0 aliphatic heterocycles. The van der Waals surface area contributed by atoms with Gasteiger partial charge in [-0.2, -0.15) is 0 Å². The summed E-state index contributed by atoms with van der Waals surface area (Å²) in [6, 6.07) is 17.6. The van der Waals surface area contributed by atoms with E-state index >= 15 is 0 Å². The summed E-state index contributed by atoms with van der Waals surface area (Å²) < 4.78 is 0. The quantitative estimate of drug-likeness (QED) is 0.651. The highest BCUT2D eigenvalue weighted by molar-refractivity contribution is 6.06. The summed E-state index contributed by atoms with van der Waals surface area (Å²) in [5.74, 6) is -0.00713. The van der Waals surface area contributed by atoms with E-state index in [9.17, 15) is 9.90 Å². The number of fused-ring (bicyclic) bond motifs is 1. The minimum Gasteiger partial charge on any atom is -0.393 e. The fourth-order valence-corrected chi connectivity index (χ4v) is 3.07. The molecule has 0 aliphatic carbocycles. The Labute approximate surface area is 141 Å². The standard InChI is InChI=1S/C20H22N2O2/c1-14(23)12-16(15-6-3-2-4-7-15)13-22-20(24)18-8-5-9-19-17(18)10-11-21-19/h2-11,14,16,21,23H,12-13H2,1H3,(H,22,24)/t14-,16+/m1/s1. The van der Waals surface area contributed by atoms with Gasteiger partial charge in [0.25, 0.3) is 5.91 Å². The maximum Gasteiger partial charge on any atom is 0.251 e. The first-order valence-corrected chi connectivity index (χ1v) is 8.22. The second-order valence-corrected chi connectivity index (χ2v) is 6.15. The van der Waals surface area contributed by atoms with Crippen LogP contribution >= 0.6 is 0 Å². The second kappa shape index (κ2) is 7.32. The zero-order valence-electron chi connectivity index (χ0n) is 13.7. The molecule has 0 spiro atoms. The molecular formula is C20H22N2O2. The van der Waals surface area contributed by atoms with Crippen molar-refractivity contribution in [3.63, 3.8) is 0 Å². The van der Waals surface area contributed by atoms with Crippen LogP contribution in [0.1, 0.15) is 35.2 Å². The fraction of sp³-hybridized carbons (Fsp3) is 0.250. The molecule has 0 unspecified atom stereocenters. The van der Waals surface area contributed by atoms with E-state index in [4.69, 9.17) is 0 Å². The average Bonchev–Trinajstić information content (AvgIpc) is 3.07. The van der Waals surface area contributed by atoms with Crippen molar-refractivity contribution in [2.45, 2.75) is 25.4 Å². The van der Waals surface area contributed by atoms with Gasteiger partial charge in [0.05, 0.1) is 6.10 Å². The van der Waals surface area contributed by atoms with E-state index in [0.29, 0.717) is 18.5 Å². The van der Waals surface area contributed by atoms with Crippen molar-refractivity contribution in [2.75, 3.05) is 6.54 Å². The number of aliphatic hydroxyl groups excluding tert-OH is 1. The Balaban J connectivity index is 1.74. The number of aliphatic hydroxyl groups is 1. The van der Waals surface area contributed by atoms with Gasteiger partial charge in [-0.25, -0.2) is 0 Å². The van der Waals surface area contributed by atoms with Gasteiger partial charge >= 0.3 is 0 Å². The molecule has 0 radical (unpaired) electrons. The number of aromatic amines is 1. The zero-order valence-corrected chi connectivity index (χ0v) is 13.7. The van der Waals surface area contributed by atoms with Gasteiger partial charge in [0.2, 0.25) is 0 Å². The molecule has 0 aliphatic rings. The Hall–Kier alpha value is -2.59. The highest BCUT2D eigenvalue weighted by Crippen LogP contribution is 2.21. The van der Waals surface area contributed by atoms with Crippen molar-refractivity contribution in [3.05, 3.63) is 71.9 Å². The molecule has 0 fully saturated rings. The van der Waals surface area contributed by atoms with Crippen molar-refractivity contribution in [2.24, 2.45) is 0 Å². The maximum absolute atomic E-state index is 12.6. The third kappa shape index (κ3) is 3.66. The molecule has 2 aromatic carbocycles. The Bertz CT molecular complexity index is 809. The second-order valence-electron chi connectivity index (χ2n) is 6.15. The summed E-state index contributed by atoms with van der Waals surface area (Å²) in [6.07, 6.45) is 2.03. The SMILES string of the molecule is C[C@@H](O)C[C@@H](CNC(=O)c1cccc2[nH]ccc12)c1ccccc1. The van der Waals surface area contributed by atoms with Crippen molar-refractivity contribution < 1.29 is 9.90 Å². The molecule has 4 heteroatoms. The molecule has 0 bridgehead atoms. The first-order chi connectivity index (χ1) is 11.6. The van der Waals surface area contributed by atoms with Gasteiger partial charge in [-0.1, -0.05) is 36.4 Å². The molecule has 1 amide bonds. The molecule has 3 rings (SSSR count). The number of benzene rings is 2. The Morgan fingerprint density at radius 3 is 2.67 bits per heavy atom. The smallest absolute Gasteiger partial charge is 0.251 e. The van der Waals surface area contributed by atoms with Crippen LogP contribution in [0.25, 0.3) is 10.9 Å². The van der Waals surface area contributed by atoms with Crippen LogP contribution in [0.2, 0.25) is 0 Å². The number of hydrogen-bond donors (Lipinski definition) is 3. The van der Waals surface area contributed by atoms with Gasteiger partial charge in [-0.05, 0) is 37.1 Å². The molecule has 1 aromatic heterocycles. The summed E-state index contributed by atoms with van der Waals surface area (Å²) in [5, 5.41) is 13.7. The van der Waals surface area contributed by atoms with E-state index in [1.165, 1.54) is 0 Å². The van der Waals surface area contributed by atoms with Crippen LogP contribution in [-0.4, -0.2) is 28.6 Å². The third-order valence-electron chi connectivity index (χ3n) is 4.25. The summed E-state index contributed by atoms with van der Waals surface area (Å²) in [7, 11) is 0. The lowest BCUT2D eigenvalue weighted by Gasteiger charge is -2.20. The number of amides is 1. The molecular weight excluding hydrogens is 300 g/mol. The summed E-state index contributed by atoms with van der Waals surface area (Å²) >= 11 is 0. The Kier molecular flexibility index (Phi) is 4.96. The van der Waals surface area contributed by atoms with Crippen LogP contribution in [0.15, 0.2) is 60.8 Å². The molecule has 0 saturated carbocycles. The minimum absolute atomic E-state index is 0.0839. The third-order valence-corrected chi connectivity index (χ3v) is 4.25. The summed E-state index contributed by atoms with van der Waals surface area (Å²) in [6.45, 7) is 2.27. The van der Waals surface area contributed by atoms with Crippen LogP contribution in [0, 0.1) is 0 Å². The average molecular weight is 322 g/mol. The largest absolute Gasteiger partial charge is 0.393 e. The molecule has 0 saturated heterocycles. The van der Waals surface area contributed by atoms with Crippen molar-refractivity contribution in [1.82, 2.24) is 10.3 Å². The predicted molar refractivity (Wildman–Crippen MR) is 96.1 cm³/mol. The van der Waals surface area contributed by atoms with Gasteiger partial charge in [-0.15, -0.1) is 0 Å². The fourth-order valence-electron chi connectivity index (χ4n) is 3.07. The van der Waals surface area contributed by atoms with Gasteiger partial charge in [0.1, 0.15) is 0 Å². The van der Waals surface area contributed by atoms with Gasteiger partial charge in [0, 0.05) is 35.1 Å². The van der Waals surface area contributed by atoms with E-state index in [2.05, 4.69) is 10.3 Å². The number of hydrogen-bond acceptors (Lipinski definition) is 2. The number of H-pyrrole nitrogens is 1. The number of aromatic nitrogens is 1. The monoisotopic (exact) mass is 322 g/mol. The van der Waals surface area contributed by atoms with Crippen LogP contribution in [0.5, 0.6) is 0 Å². The molecule has 2 atom stereocenters. The lowest BCUT2D eigenvalue weighted by atomic mass is 9.93. The van der Waals surface area contributed by atoms with Crippen LogP contribution in [0.3, 0.4) is 0 Å². The lowest BCUT2D eigenvalue weighted by Crippen LogP contribution is -2.29. The number of carbonyl (C=O) groups is 1. The highest BCUT2D eigenvalue weighted by atomic mass is 16.3. The molecule has 1 heterocycles. The van der Waals surface area contributed by atoms with E-state index < -0.39 is 6.10 Å². The Morgan fingerprint density at radius 1 is 1.12 bits per heavy atom. The number of carbonyl (C=O) groups excluding carboxylic acids is 1. The molecule has 3 N–H and O–H groups in total. The molecule has 124 valence electrons. The summed E-state index contributed by atoms with van der Waals surface area (Å²) in [4.78, 5) is 15.7. The molecule has 3 aromatic rings. The van der Waals surface area contributed by atoms with E-state index in [0.717, 1.165) is 16.5 Å². The Morgan fingerprint density at radius 2 is 1.92 bits per heavy atom. The lowest BCUT2D eigenvalue weighted by molar-refractivity contribution is 0.0947. The summed E-state index contributed by atoms with van der Waals surface area (Å²) in [5.41, 5.74) is 2.74. The highest BCUT2D eigenvalue weighted by Gasteiger charge is 2.17.